The quantitative estimate of drug-likeness (QED) is 0.602. The zero-order chi connectivity index (χ0) is 11.1. The Bertz CT molecular complexity index is 362. The first-order chi connectivity index (χ1) is 7.09. The first kappa shape index (κ1) is 10.1. The van der Waals surface area contributed by atoms with Crippen molar-refractivity contribution in [2.75, 3.05) is 6.54 Å². The molecule has 4 heteroatoms. The van der Waals surface area contributed by atoms with Gasteiger partial charge in [-0.05, 0) is 25.8 Å². The van der Waals surface area contributed by atoms with Crippen molar-refractivity contribution in [1.29, 1.82) is 0 Å². The monoisotopic (exact) mass is 209 g/mol. The Kier molecular flexibility index (Phi) is 2.23. The molecule has 0 aromatic heterocycles. The minimum absolute atomic E-state index is 0.0431. The van der Waals surface area contributed by atoms with E-state index in [4.69, 9.17) is 5.73 Å². The maximum atomic E-state index is 9.71. The van der Waals surface area contributed by atoms with E-state index in [1.165, 1.54) is 12.1 Å². The summed E-state index contributed by atoms with van der Waals surface area (Å²) < 4.78 is 0. The smallest absolute Gasteiger partial charge is 0.126 e. The number of rotatable bonds is 3. The van der Waals surface area contributed by atoms with Crippen LogP contribution in [0, 0.1) is 0 Å². The molecule has 1 aromatic rings. The molecule has 5 N–H and O–H groups in total. The standard InChI is InChI=1S/C11H15NO3/c12-4-3-11(1-2-11)10-8(14)5-7(13)6-9(10)15/h5-6,13-15H,1-4,12H2. The van der Waals surface area contributed by atoms with Crippen LogP contribution in [0.5, 0.6) is 17.2 Å². The normalized spacial score (nSPS) is 17.7. The fraction of sp³-hybridized carbons (Fsp3) is 0.455. The molecule has 2 rings (SSSR count). The number of phenolic OH excluding ortho intramolecular Hbond substituents is 3. The van der Waals surface area contributed by atoms with Crippen LogP contribution in [0.1, 0.15) is 24.8 Å². The Morgan fingerprint density at radius 2 is 1.67 bits per heavy atom. The van der Waals surface area contributed by atoms with Gasteiger partial charge in [-0.25, -0.2) is 0 Å². The van der Waals surface area contributed by atoms with Crippen LogP contribution in [0.15, 0.2) is 12.1 Å². The van der Waals surface area contributed by atoms with Crippen LogP contribution in [0.3, 0.4) is 0 Å². The predicted octanol–water partition coefficient (Wildman–Crippen LogP) is 1.18. The summed E-state index contributed by atoms with van der Waals surface area (Å²) in [6, 6.07) is 2.51. The molecule has 4 nitrogen and oxygen atoms in total. The lowest BCUT2D eigenvalue weighted by atomic mass is 9.90. The van der Waals surface area contributed by atoms with Gasteiger partial charge in [0.2, 0.25) is 0 Å². The zero-order valence-electron chi connectivity index (χ0n) is 8.40. The summed E-state index contributed by atoms with van der Waals surface area (Å²) in [5, 5.41) is 28.6. The van der Waals surface area contributed by atoms with E-state index in [-0.39, 0.29) is 22.7 Å². The second-order valence-corrected chi connectivity index (χ2v) is 4.18. The van der Waals surface area contributed by atoms with Crippen molar-refractivity contribution >= 4 is 0 Å². The van der Waals surface area contributed by atoms with Gasteiger partial charge < -0.3 is 21.1 Å². The predicted molar refractivity (Wildman–Crippen MR) is 56.0 cm³/mol. The first-order valence-corrected chi connectivity index (χ1v) is 5.04. The van der Waals surface area contributed by atoms with E-state index in [9.17, 15) is 15.3 Å². The van der Waals surface area contributed by atoms with Gasteiger partial charge in [0.1, 0.15) is 17.2 Å². The van der Waals surface area contributed by atoms with Crippen molar-refractivity contribution in [2.24, 2.45) is 5.73 Å². The van der Waals surface area contributed by atoms with E-state index in [0.29, 0.717) is 12.1 Å². The van der Waals surface area contributed by atoms with Gasteiger partial charge in [0.25, 0.3) is 0 Å². The van der Waals surface area contributed by atoms with Gasteiger partial charge in [0, 0.05) is 23.1 Å². The summed E-state index contributed by atoms with van der Waals surface area (Å²) in [6.07, 6.45) is 2.60. The number of benzene rings is 1. The van der Waals surface area contributed by atoms with Crippen LogP contribution in [-0.2, 0) is 5.41 Å². The molecule has 1 aliphatic carbocycles. The zero-order valence-corrected chi connectivity index (χ0v) is 8.40. The van der Waals surface area contributed by atoms with Crippen LogP contribution in [0.25, 0.3) is 0 Å². The van der Waals surface area contributed by atoms with Gasteiger partial charge in [0.15, 0.2) is 0 Å². The number of nitrogens with two attached hydrogens (primary N) is 1. The molecular formula is C11H15NO3. The highest BCUT2D eigenvalue weighted by Crippen LogP contribution is 2.56. The second-order valence-electron chi connectivity index (χ2n) is 4.18. The maximum Gasteiger partial charge on any atom is 0.126 e. The molecule has 1 fully saturated rings. The third-order valence-electron chi connectivity index (χ3n) is 3.09. The molecule has 0 saturated heterocycles. The van der Waals surface area contributed by atoms with Crippen molar-refractivity contribution in [1.82, 2.24) is 0 Å². The Morgan fingerprint density at radius 1 is 1.13 bits per heavy atom. The third kappa shape index (κ3) is 1.61. The highest BCUT2D eigenvalue weighted by atomic mass is 16.3. The molecule has 0 atom stereocenters. The number of aromatic hydroxyl groups is 3. The Balaban J connectivity index is 2.44. The minimum Gasteiger partial charge on any atom is -0.508 e. The minimum atomic E-state index is -0.170. The lowest BCUT2D eigenvalue weighted by Crippen LogP contribution is -2.13. The van der Waals surface area contributed by atoms with Crippen LogP contribution in [0.2, 0.25) is 0 Å². The van der Waals surface area contributed by atoms with Crippen LogP contribution < -0.4 is 5.73 Å². The average molecular weight is 209 g/mol. The third-order valence-corrected chi connectivity index (χ3v) is 3.09. The Morgan fingerprint density at radius 3 is 2.07 bits per heavy atom. The fourth-order valence-corrected chi connectivity index (χ4v) is 2.19. The second kappa shape index (κ2) is 3.31. The van der Waals surface area contributed by atoms with Crippen molar-refractivity contribution in [3.8, 4) is 17.2 Å². The molecule has 15 heavy (non-hydrogen) atoms. The van der Waals surface area contributed by atoms with Gasteiger partial charge in [0.05, 0.1) is 0 Å². The topological polar surface area (TPSA) is 86.7 Å². The molecule has 0 bridgehead atoms. The highest BCUT2D eigenvalue weighted by molar-refractivity contribution is 5.54. The van der Waals surface area contributed by atoms with E-state index in [1.54, 1.807) is 0 Å². The molecular weight excluding hydrogens is 194 g/mol. The molecule has 1 aromatic carbocycles. The van der Waals surface area contributed by atoms with E-state index in [2.05, 4.69) is 0 Å². The summed E-state index contributed by atoms with van der Waals surface area (Å²) in [5.74, 6) is -0.214. The fourth-order valence-electron chi connectivity index (χ4n) is 2.19. The van der Waals surface area contributed by atoms with Crippen LogP contribution >= 0.6 is 0 Å². The Labute approximate surface area is 88.0 Å². The molecule has 0 heterocycles. The summed E-state index contributed by atoms with van der Waals surface area (Å²) >= 11 is 0. The van der Waals surface area contributed by atoms with Crippen molar-refractivity contribution < 1.29 is 15.3 Å². The highest BCUT2D eigenvalue weighted by Gasteiger charge is 2.46. The molecule has 0 amide bonds. The summed E-state index contributed by atoms with van der Waals surface area (Å²) in [5.41, 5.74) is 5.87. The molecule has 82 valence electrons. The van der Waals surface area contributed by atoms with E-state index in [1.807, 2.05) is 0 Å². The van der Waals surface area contributed by atoms with Gasteiger partial charge in [-0.1, -0.05) is 0 Å². The summed E-state index contributed by atoms with van der Waals surface area (Å²) in [6.45, 7) is 0.528. The number of hydrogen-bond acceptors (Lipinski definition) is 4. The van der Waals surface area contributed by atoms with Gasteiger partial charge in [-0.2, -0.15) is 0 Å². The number of hydrogen-bond donors (Lipinski definition) is 4. The maximum absolute atomic E-state index is 9.71. The lowest BCUT2D eigenvalue weighted by Gasteiger charge is -2.17. The first-order valence-electron chi connectivity index (χ1n) is 5.04. The average Bonchev–Trinajstić information content (AvgIpc) is 2.83. The Hall–Kier alpha value is -1.42. The van der Waals surface area contributed by atoms with Crippen molar-refractivity contribution in [2.45, 2.75) is 24.7 Å². The van der Waals surface area contributed by atoms with Crippen LogP contribution in [0.4, 0.5) is 0 Å². The van der Waals surface area contributed by atoms with Gasteiger partial charge in [-0.3, -0.25) is 0 Å². The van der Waals surface area contributed by atoms with Crippen LogP contribution in [-0.4, -0.2) is 21.9 Å². The van der Waals surface area contributed by atoms with Gasteiger partial charge >= 0.3 is 0 Å². The van der Waals surface area contributed by atoms with Crippen molar-refractivity contribution in [3.05, 3.63) is 17.7 Å². The molecule has 0 aliphatic heterocycles. The molecule has 1 aliphatic rings. The molecule has 0 spiro atoms. The lowest BCUT2D eigenvalue weighted by molar-refractivity contribution is 0.405. The molecule has 0 radical (unpaired) electrons. The molecule has 0 unspecified atom stereocenters. The SMILES string of the molecule is NCCC1(c2c(O)cc(O)cc2O)CC1. The van der Waals surface area contributed by atoms with E-state index in [0.717, 1.165) is 19.3 Å². The van der Waals surface area contributed by atoms with E-state index >= 15 is 0 Å². The van der Waals surface area contributed by atoms with E-state index < -0.39 is 0 Å². The summed E-state index contributed by atoms with van der Waals surface area (Å²) in [7, 11) is 0. The summed E-state index contributed by atoms with van der Waals surface area (Å²) in [4.78, 5) is 0. The largest absolute Gasteiger partial charge is 0.508 e. The molecule has 1 saturated carbocycles. The van der Waals surface area contributed by atoms with Gasteiger partial charge in [-0.15, -0.1) is 0 Å². The van der Waals surface area contributed by atoms with Crippen molar-refractivity contribution in [3.63, 3.8) is 0 Å². The number of phenols is 3.